The Hall–Kier alpha value is -2.44. The molecule has 1 aliphatic heterocycles. The average molecular weight is 321 g/mol. The summed E-state index contributed by atoms with van der Waals surface area (Å²) in [7, 11) is 0. The van der Waals surface area contributed by atoms with Crippen LogP contribution >= 0.6 is 0 Å². The normalized spacial score (nSPS) is 15.3. The molecule has 0 saturated carbocycles. The van der Waals surface area contributed by atoms with Crippen molar-refractivity contribution in [1.82, 2.24) is 9.80 Å². The topological polar surface area (TPSA) is 69.7 Å². The number of rotatable bonds is 4. The van der Waals surface area contributed by atoms with E-state index in [4.69, 9.17) is 0 Å². The van der Waals surface area contributed by atoms with Crippen LogP contribution in [0.4, 0.5) is 10.1 Å². The van der Waals surface area contributed by atoms with Crippen molar-refractivity contribution in [2.24, 2.45) is 5.41 Å². The molecule has 0 atom stereocenters. The zero-order valence-corrected chi connectivity index (χ0v) is 13.2. The molecule has 1 fully saturated rings. The number of carbonyl (C=O) groups is 3. The van der Waals surface area contributed by atoms with Gasteiger partial charge in [-0.15, -0.1) is 0 Å². The fourth-order valence-electron chi connectivity index (χ4n) is 2.34. The number of nitrogens with one attached hydrogen (secondary N) is 1. The van der Waals surface area contributed by atoms with Gasteiger partial charge in [0.25, 0.3) is 0 Å². The summed E-state index contributed by atoms with van der Waals surface area (Å²) in [6.07, 6.45) is 0.758. The highest BCUT2D eigenvalue weighted by atomic mass is 19.1. The fraction of sp³-hybridized carbons (Fsp3) is 0.438. The lowest BCUT2D eigenvalue weighted by molar-refractivity contribution is -0.148. The van der Waals surface area contributed by atoms with Crippen LogP contribution in [-0.2, 0) is 14.4 Å². The number of amides is 3. The second-order valence-electron chi connectivity index (χ2n) is 6.02. The summed E-state index contributed by atoms with van der Waals surface area (Å²) in [4.78, 5) is 38.9. The Morgan fingerprint density at radius 3 is 2.22 bits per heavy atom. The van der Waals surface area contributed by atoms with Crippen molar-refractivity contribution in [3.63, 3.8) is 0 Å². The second kappa shape index (κ2) is 6.76. The van der Waals surface area contributed by atoms with Crippen LogP contribution in [0.25, 0.3) is 0 Å². The maximum atomic E-state index is 12.9. The van der Waals surface area contributed by atoms with Crippen molar-refractivity contribution in [2.45, 2.75) is 13.8 Å². The van der Waals surface area contributed by atoms with E-state index >= 15 is 0 Å². The van der Waals surface area contributed by atoms with Gasteiger partial charge >= 0.3 is 0 Å². The monoisotopic (exact) mass is 321 g/mol. The minimum atomic E-state index is -1.25. The Kier molecular flexibility index (Phi) is 4.98. The Morgan fingerprint density at radius 2 is 1.70 bits per heavy atom. The highest BCUT2D eigenvalue weighted by molar-refractivity contribution is 6.09. The van der Waals surface area contributed by atoms with E-state index in [1.807, 2.05) is 0 Å². The molecule has 0 unspecified atom stereocenters. The predicted octanol–water partition coefficient (Wildman–Crippen LogP) is 1.09. The third kappa shape index (κ3) is 3.85. The first kappa shape index (κ1) is 16.9. The molecule has 2 rings (SSSR count). The van der Waals surface area contributed by atoms with Gasteiger partial charge in [-0.3, -0.25) is 14.4 Å². The largest absolute Gasteiger partial charge is 0.342 e. The van der Waals surface area contributed by atoms with Crippen LogP contribution in [-0.4, -0.2) is 54.2 Å². The molecule has 0 aliphatic carbocycles. The number of piperazine rings is 1. The molecule has 124 valence electrons. The molecule has 3 amide bonds. The second-order valence-corrected chi connectivity index (χ2v) is 6.02. The van der Waals surface area contributed by atoms with Gasteiger partial charge in [0.1, 0.15) is 11.2 Å². The van der Waals surface area contributed by atoms with Crippen LogP contribution in [0.2, 0.25) is 0 Å². The van der Waals surface area contributed by atoms with Crippen LogP contribution < -0.4 is 5.32 Å². The van der Waals surface area contributed by atoms with E-state index in [-0.39, 0.29) is 5.91 Å². The van der Waals surface area contributed by atoms with Crippen molar-refractivity contribution in [2.75, 3.05) is 31.5 Å². The zero-order chi connectivity index (χ0) is 17.0. The van der Waals surface area contributed by atoms with Crippen LogP contribution in [0.3, 0.4) is 0 Å². The molecule has 7 heteroatoms. The quantitative estimate of drug-likeness (QED) is 0.667. The van der Waals surface area contributed by atoms with Crippen LogP contribution in [0.1, 0.15) is 13.8 Å². The first-order valence-corrected chi connectivity index (χ1v) is 7.40. The van der Waals surface area contributed by atoms with Gasteiger partial charge in [-0.2, -0.15) is 0 Å². The lowest BCUT2D eigenvalue weighted by Crippen LogP contribution is -2.54. The molecule has 1 saturated heterocycles. The van der Waals surface area contributed by atoms with Gasteiger partial charge in [-0.25, -0.2) is 4.39 Å². The molecular formula is C16H20FN3O3. The van der Waals surface area contributed by atoms with Gasteiger partial charge in [0.15, 0.2) is 0 Å². The average Bonchev–Trinajstić information content (AvgIpc) is 2.56. The molecule has 1 aromatic rings. The van der Waals surface area contributed by atoms with Crippen molar-refractivity contribution < 1.29 is 18.8 Å². The Bertz CT molecular complexity index is 593. The molecule has 1 N–H and O–H groups in total. The van der Waals surface area contributed by atoms with E-state index in [1.165, 1.54) is 24.3 Å². The van der Waals surface area contributed by atoms with Crippen LogP contribution in [0.15, 0.2) is 24.3 Å². The lowest BCUT2D eigenvalue weighted by atomic mass is 9.89. The third-order valence-corrected chi connectivity index (χ3v) is 3.95. The summed E-state index contributed by atoms with van der Waals surface area (Å²) < 4.78 is 12.9. The van der Waals surface area contributed by atoms with Crippen molar-refractivity contribution >= 4 is 23.9 Å². The first-order chi connectivity index (χ1) is 10.8. The molecule has 23 heavy (non-hydrogen) atoms. The highest BCUT2D eigenvalue weighted by Gasteiger charge is 2.40. The number of nitrogens with zero attached hydrogens (tertiary/aromatic N) is 2. The maximum absolute atomic E-state index is 12.9. The van der Waals surface area contributed by atoms with Gasteiger partial charge in [-0.1, -0.05) is 0 Å². The van der Waals surface area contributed by atoms with Gasteiger partial charge in [0.05, 0.1) is 0 Å². The summed E-state index contributed by atoms with van der Waals surface area (Å²) in [5.41, 5.74) is -0.819. The molecule has 0 radical (unpaired) electrons. The first-order valence-electron chi connectivity index (χ1n) is 7.40. The summed E-state index contributed by atoms with van der Waals surface area (Å²) in [5.74, 6) is -1.14. The van der Waals surface area contributed by atoms with Crippen LogP contribution in [0.5, 0.6) is 0 Å². The Morgan fingerprint density at radius 1 is 1.13 bits per heavy atom. The summed E-state index contributed by atoms with van der Waals surface area (Å²) >= 11 is 0. The van der Waals surface area contributed by atoms with E-state index in [2.05, 4.69) is 5.32 Å². The zero-order valence-electron chi connectivity index (χ0n) is 13.2. The van der Waals surface area contributed by atoms with E-state index in [9.17, 15) is 18.8 Å². The van der Waals surface area contributed by atoms with E-state index < -0.39 is 17.1 Å². The SMILES string of the molecule is CC(C)(C(=O)Nc1ccc(F)cc1)C(=O)N1CCN(C=O)CC1. The van der Waals surface area contributed by atoms with E-state index in [1.54, 1.807) is 23.6 Å². The van der Waals surface area contributed by atoms with Gasteiger partial charge in [0.2, 0.25) is 18.2 Å². The molecule has 0 spiro atoms. The summed E-state index contributed by atoms with van der Waals surface area (Å²) in [6.45, 7) is 4.85. The molecule has 0 bridgehead atoms. The molecule has 1 heterocycles. The fourth-order valence-corrected chi connectivity index (χ4v) is 2.34. The number of hydrogen-bond donors (Lipinski definition) is 1. The predicted molar refractivity (Wildman–Crippen MR) is 83.0 cm³/mol. The van der Waals surface area contributed by atoms with Gasteiger partial charge in [-0.05, 0) is 38.1 Å². The van der Waals surface area contributed by atoms with Crippen molar-refractivity contribution in [3.05, 3.63) is 30.1 Å². The molecule has 1 aromatic carbocycles. The minimum Gasteiger partial charge on any atom is -0.342 e. The molecule has 0 aromatic heterocycles. The van der Waals surface area contributed by atoms with Crippen LogP contribution in [0, 0.1) is 11.2 Å². The third-order valence-electron chi connectivity index (χ3n) is 3.95. The maximum Gasteiger partial charge on any atom is 0.239 e. The number of benzene rings is 1. The number of anilines is 1. The minimum absolute atomic E-state index is 0.289. The highest BCUT2D eigenvalue weighted by Crippen LogP contribution is 2.23. The lowest BCUT2D eigenvalue weighted by Gasteiger charge is -2.36. The summed E-state index contributed by atoms with van der Waals surface area (Å²) in [5, 5.41) is 2.63. The number of halogens is 1. The Labute approximate surface area is 134 Å². The molecular weight excluding hydrogens is 301 g/mol. The number of carbonyl (C=O) groups excluding carboxylic acids is 3. The number of hydrogen-bond acceptors (Lipinski definition) is 3. The van der Waals surface area contributed by atoms with E-state index in [0.717, 1.165) is 6.41 Å². The standard InChI is InChI=1S/C16H20FN3O3/c1-16(2,14(22)18-13-5-3-12(17)4-6-13)15(23)20-9-7-19(11-21)8-10-20/h3-6,11H,7-10H2,1-2H3,(H,18,22). The molecule has 1 aliphatic rings. The van der Waals surface area contributed by atoms with Crippen molar-refractivity contribution in [3.8, 4) is 0 Å². The van der Waals surface area contributed by atoms with E-state index in [0.29, 0.717) is 31.9 Å². The summed E-state index contributed by atoms with van der Waals surface area (Å²) in [6, 6.07) is 5.36. The Balaban J connectivity index is 2.01. The smallest absolute Gasteiger partial charge is 0.239 e. The molecule has 6 nitrogen and oxygen atoms in total. The van der Waals surface area contributed by atoms with Crippen molar-refractivity contribution in [1.29, 1.82) is 0 Å². The van der Waals surface area contributed by atoms with Gasteiger partial charge in [0, 0.05) is 31.9 Å². The van der Waals surface area contributed by atoms with Gasteiger partial charge < -0.3 is 15.1 Å².